The monoisotopic (exact) mass is 212 g/mol. The maximum Gasteiger partial charge on any atom is 0.362 e. The van der Waals surface area contributed by atoms with Gasteiger partial charge in [0, 0.05) is 7.11 Å². The first kappa shape index (κ1) is 13.2. The van der Waals surface area contributed by atoms with Crippen molar-refractivity contribution in [3.63, 3.8) is 0 Å². The van der Waals surface area contributed by atoms with E-state index < -0.39 is 8.60 Å². The zero-order chi connectivity index (χ0) is 10.3. The molecule has 0 rings (SSSR count). The Labute approximate surface area is 81.0 Å². The van der Waals surface area contributed by atoms with Crippen LogP contribution in [0.25, 0.3) is 0 Å². The van der Waals surface area contributed by atoms with Crippen molar-refractivity contribution in [1.29, 1.82) is 0 Å². The van der Waals surface area contributed by atoms with Gasteiger partial charge in [-0.3, -0.25) is 0 Å². The summed E-state index contributed by atoms with van der Waals surface area (Å²) in [6.07, 6.45) is 0. The number of quaternary nitrogens is 1. The predicted molar refractivity (Wildman–Crippen MR) is 50.9 cm³/mol. The Morgan fingerprint density at radius 2 is 1.77 bits per heavy atom. The molecule has 0 aliphatic rings. The van der Waals surface area contributed by atoms with Crippen molar-refractivity contribution in [2.45, 2.75) is 0 Å². The SMILES string of the molecule is COOP(OC)OCC[N+](C)(C)C. The van der Waals surface area contributed by atoms with Crippen LogP contribution in [0.4, 0.5) is 0 Å². The molecule has 0 aliphatic carbocycles. The molecule has 0 fully saturated rings. The quantitative estimate of drug-likeness (QED) is 0.274. The summed E-state index contributed by atoms with van der Waals surface area (Å²) in [7, 11) is 7.89. The largest absolute Gasteiger partial charge is 0.362 e. The van der Waals surface area contributed by atoms with Gasteiger partial charge in [-0.15, -0.1) is 0 Å². The lowest BCUT2D eigenvalue weighted by Crippen LogP contribution is -2.37. The van der Waals surface area contributed by atoms with Crippen molar-refractivity contribution >= 4 is 8.60 Å². The summed E-state index contributed by atoms with van der Waals surface area (Å²) < 4.78 is 15.7. The maximum absolute atomic E-state index is 5.29. The first-order chi connectivity index (χ1) is 5.99. The zero-order valence-electron chi connectivity index (χ0n) is 8.94. The second kappa shape index (κ2) is 6.65. The highest BCUT2D eigenvalue weighted by Gasteiger charge is 2.13. The van der Waals surface area contributed by atoms with Crippen LogP contribution >= 0.6 is 8.60 Å². The number of hydrogen-bond donors (Lipinski definition) is 0. The van der Waals surface area contributed by atoms with Gasteiger partial charge in [0.2, 0.25) is 0 Å². The fourth-order valence-corrected chi connectivity index (χ4v) is 1.12. The van der Waals surface area contributed by atoms with Crippen molar-refractivity contribution < 1.29 is 23.1 Å². The third-order valence-electron chi connectivity index (χ3n) is 1.24. The molecule has 0 saturated heterocycles. The van der Waals surface area contributed by atoms with Gasteiger partial charge in [0.05, 0.1) is 28.3 Å². The van der Waals surface area contributed by atoms with Crippen molar-refractivity contribution in [3.8, 4) is 0 Å². The summed E-state index contributed by atoms with van der Waals surface area (Å²) in [5.41, 5.74) is 0. The van der Waals surface area contributed by atoms with E-state index in [1.807, 2.05) is 0 Å². The van der Waals surface area contributed by atoms with Gasteiger partial charge in [-0.05, 0) is 0 Å². The second-order valence-electron chi connectivity index (χ2n) is 3.49. The molecule has 1 atom stereocenters. The van der Waals surface area contributed by atoms with Gasteiger partial charge >= 0.3 is 8.60 Å². The lowest BCUT2D eigenvalue weighted by atomic mass is 10.5. The molecule has 0 radical (unpaired) electrons. The van der Waals surface area contributed by atoms with Gasteiger partial charge in [0.15, 0.2) is 0 Å². The van der Waals surface area contributed by atoms with Crippen LogP contribution in [0.2, 0.25) is 0 Å². The molecule has 0 aromatic carbocycles. The topological polar surface area (TPSA) is 36.9 Å². The summed E-state index contributed by atoms with van der Waals surface area (Å²) in [4.78, 5) is 4.45. The van der Waals surface area contributed by atoms with E-state index in [1.54, 1.807) is 0 Å². The van der Waals surface area contributed by atoms with Crippen LogP contribution in [0.15, 0.2) is 0 Å². The van der Waals surface area contributed by atoms with Gasteiger partial charge in [0.25, 0.3) is 0 Å². The fourth-order valence-electron chi connectivity index (χ4n) is 0.555. The minimum Gasteiger partial charge on any atom is -0.329 e. The first-order valence-corrected chi connectivity index (χ1v) is 5.07. The molecular weight excluding hydrogens is 193 g/mol. The van der Waals surface area contributed by atoms with Gasteiger partial charge in [-0.2, -0.15) is 4.67 Å². The standard InChI is InChI=1S/C7H19NO4P/c1-8(2,3)6-7-11-13(10-5)12-9-4/h6-7H2,1-5H3/q+1. The molecule has 13 heavy (non-hydrogen) atoms. The maximum atomic E-state index is 5.29. The third-order valence-corrected chi connectivity index (χ3v) is 2.21. The summed E-state index contributed by atoms with van der Waals surface area (Å²) in [5.74, 6) is 0. The molecule has 1 unspecified atom stereocenters. The molecule has 0 aromatic heterocycles. The van der Waals surface area contributed by atoms with Gasteiger partial charge in [-0.25, -0.2) is 4.89 Å². The Morgan fingerprint density at radius 3 is 2.15 bits per heavy atom. The van der Waals surface area contributed by atoms with Crippen LogP contribution in [0.5, 0.6) is 0 Å². The minimum atomic E-state index is -1.34. The van der Waals surface area contributed by atoms with Crippen molar-refractivity contribution in [3.05, 3.63) is 0 Å². The van der Waals surface area contributed by atoms with Crippen LogP contribution in [-0.2, 0) is 18.6 Å². The van der Waals surface area contributed by atoms with Crippen molar-refractivity contribution in [1.82, 2.24) is 0 Å². The van der Waals surface area contributed by atoms with Crippen LogP contribution in [0.1, 0.15) is 0 Å². The average molecular weight is 212 g/mol. The van der Waals surface area contributed by atoms with Crippen LogP contribution in [0.3, 0.4) is 0 Å². The van der Waals surface area contributed by atoms with E-state index in [1.165, 1.54) is 14.2 Å². The summed E-state index contributed by atoms with van der Waals surface area (Å²) in [5, 5.41) is 0. The fraction of sp³-hybridized carbons (Fsp3) is 1.00. The Morgan fingerprint density at radius 1 is 1.15 bits per heavy atom. The molecule has 0 spiro atoms. The van der Waals surface area contributed by atoms with Crippen LogP contribution in [0, 0.1) is 0 Å². The van der Waals surface area contributed by atoms with E-state index in [2.05, 4.69) is 26.0 Å². The van der Waals surface area contributed by atoms with Crippen molar-refractivity contribution in [2.24, 2.45) is 0 Å². The molecule has 0 amide bonds. The summed E-state index contributed by atoms with van der Waals surface area (Å²) >= 11 is 0. The molecule has 0 saturated carbocycles. The predicted octanol–water partition coefficient (Wildman–Crippen LogP) is 1.16. The van der Waals surface area contributed by atoms with Crippen molar-refractivity contribution in [2.75, 3.05) is 48.5 Å². The average Bonchev–Trinajstić information content (AvgIpc) is 2.01. The summed E-state index contributed by atoms with van der Waals surface area (Å²) in [6, 6.07) is 0. The van der Waals surface area contributed by atoms with E-state index >= 15 is 0 Å². The van der Waals surface area contributed by atoms with E-state index in [9.17, 15) is 0 Å². The first-order valence-electron chi connectivity index (χ1n) is 3.98. The van der Waals surface area contributed by atoms with Gasteiger partial charge < -0.3 is 13.5 Å². The Kier molecular flexibility index (Phi) is 6.77. The normalized spacial score (nSPS) is 14.5. The van der Waals surface area contributed by atoms with E-state index in [-0.39, 0.29) is 0 Å². The molecule has 0 aromatic rings. The zero-order valence-corrected chi connectivity index (χ0v) is 9.84. The van der Waals surface area contributed by atoms with E-state index in [4.69, 9.17) is 13.7 Å². The lowest BCUT2D eigenvalue weighted by Gasteiger charge is -2.24. The number of rotatable bonds is 7. The Balaban J connectivity index is 3.49. The molecule has 0 heterocycles. The molecule has 0 aliphatic heterocycles. The Hall–Kier alpha value is 0.230. The van der Waals surface area contributed by atoms with Gasteiger partial charge in [0.1, 0.15) is 13.2 Å². The number of likely N-dealkylation sites (N-methyl/N-ethyl adjacent to an activating group) is 1. The second-order valence-corrected chi connectivity index (χ2v) is 4.71. The third kappa shape index (κ3) is 8.56. The molecule has 5 nitrogen and oxygen atoms in total. The van der Waals surface area contributed by atoms with Crippen LogP contribution < -0.4 is 0 Å². The minimum absolute atomic E-state index is 0.590. The number of hydrogen-bond acceptors (Lipinski definition) is 4. The summed E-state index contributed by atoms with van der Waals surface area (Å²) in [6.45, 7) is 1.49. The van der Waals surface area contributed by atoms with Crippen LogP contribution in [-0.4, -0.2) is 53.0 Å². The molecule has 0 bridgehead atoms. The molecular formula is C7H19NO4P+. The van der Waals surface area contributed by atoms with Gasteiger partial charge in [-0.1, -0.05) is 0 Å². The molecule has 80 valence electrons. The molecule has 0 N–H and O–H groups in total. The Bertz CT molecular complexity index is 128. The molecule has 6 heteroatoms. The smallest absolute Gasteiger partial charge is 0.329 e. The highest BCUT2D eigenvalue weighted by molar-refractivity contribution is 7.41. The number of nitrogens with zero attached hydrogens (tertiary/aromatic N) is 1. The highest BCUT2D eigenvalue weighted by Crippen LogP contribution is 2.38. The lowest BCUT2D eigenvalue weighted by molar-refractivity contribution is -0.870. The van der Waals surface area contributed by atoms with E-state index in [0.29, 0.717) is 6.61 Å². The van der Waals surface area contributed by atoms with E-state index in [0.717, 1.165) is 11.0 Å². The highest BCUT2D eigenvalue weighted by atomic mass is 31.2.